The Morgan fingerprint density at radius 2 is 1.88 bits per heavy atom. The first-order chi connectivity index (χ1) is 12.0. The molecule has 0 bridgehead atoms. The van der Waals surface area contributed by atoms with Crippen LogP contribution in [0.4, 0.5) is 10.5 Å². The zero-order valence-electron chi connectivity index (χ0n) is 14.6. The van der Waals surface area contributed by atoms with E-state index >= 15 is 0 Å². The van der Waals surface area contributed by atoms with Crippen molar-refractivity contribution in [1.29, 1.82) is 0 Å². The van der Waals surface area contributed by atoms with Gasteiger partial charge in [-0.2, -0.15) is 0 Å². The van der Waals surface area contributed by atoms with E-state index in [2.05, 4.69) is 16.0 Å². The number of urea groups is 1. The zero-order valence-corrected chi connectivity index (χ0v) is 14.6. The van der Waals surface area contributed by atoms with E-state index in [4.69, 9.17) is 4.74 Å². The third kappa shape index (κ3) is 4.59. The summed E-state index contributed by atoms with van der Waals surface area (Å²) in [6.07, 6.45) is 1.36. The predicted octanol–water partition coefficient (Wildman–Crippen LogP) is 2.62. The smallest absolute Gasteiger partial charge is 0.338 e. The van der Waals surface area contributed by atoms with Crippen LogP contribution in [0.15, 0.2) is 35.5 Å². The van der Waals surface area contributed by atoms with Crippen molar-refractivity contribution in [3.63, 3.8) is 0 Å². The van der Waals surface area contributed by atoms with Crippen molar-refractivity contribution in [3.05, 3.63) is 41.1 Å². The lowest BCUT2D eigenvalue weighted by atomic mass is 9.93. The fourth-order valence-electron chi connectivity index (χ4n) is 2.73. The Balaban J connectivity index is 2.40. The lowest BCUT2D eigenvalue weighted by Crippen LogP contribution is -2.46. The van der Waals surface area contributed by atoms with Gasteiger partial charge in [-0.15, -0.1) is 0 Å². The minimum absolute atomic E-state index is 0.166. The van der Waals surface area contributed by atoms with Gasteiger partial charge in [-0.1, -0.05) is 25.5 Å². The van der Waals surface area contributed by atoms with Crippen molar-refractivity contribution in [2.24, 2.45) is 0 Å². The SMILES string of the molecule is CCCC1=C(C(=O)OCC)[C@H](c2ccc(NC(C)=O)cc2)NC(=O)N1. The largest absolute Gasteiger partial charge is 0.463 e. The molecule has 0 fully saturated rings. The third-order valence-corrected chi connectivity index (χ3v) is 3.71. The summed E-state index contributed by atoms with van der Waals surface area (Å²) in [4.78, 5) is 35.6. The van der Waals surface area contributed by atoms with Gasteiger partial charge in [-0.3, -0.25) is 4.79 Å². The van der Waals surface area contributed by atoms with Crippen LogP contribution in [-0.4, -0.2) is 24.5 Å². The molecule has 7 nitrogen and oxygen atoms in total. The van der Waals surface area contributed by atoms with Crippen LogP contribution >= 0.6 is 0 Å². The molecule has 7 heteroatoms. The van der Waals surface area contributed by atoms with Crippen molar-refractivity contribution in [3.8, 4) is 0 Å². The van der Waals surface area contributed by atoms with Gasteiger partial charge in [0.1, 0.15) is 0 Å². The highest BCUT2D eigenvalue weighted by Crippen LogP contribution is 2.30. The fourth-order valence-corrected chi connectivity index (χ4v) is 2.73. The number of hydrogen-bond acceptors (Lipinski definition) is 4. The molecule has 1 aromatic carbocycles. The van der Waals surface area contributed by atoms with Gasteiger partial charge < -0.3 is 20.7 Å². The normalized spacial score (nSPS) is 16.8. The number of allylic oxidation sites excluding steroid dienone is 1. The molecule has 1 aromatic rings. The van der Waals surface area contributed by atoms with E-state index in [0.717, 1.165) is 12.0 Å². The Kier molecular flexibility index (Phi) is 6.16. The van der Waals surface area contributed by atoms with Crippen molar-refractivity contribution in [1.82, 2.24) is 10.6 Å². The molecule has 1 atom stereocenters. The molecule has 3 amide bonds. The Hall–Kier alpha value is -2.83. The molecule has 0 saturated heterocycles. The first kappa shape index (κ1) is 18.5. The molecule has 0 aliphatic carbocycles. The van der Waals surface area contributed by atoms with E-state index in [1.807, 2.05) is 6.92 Å². The molecule has 1 heterocycles. The molecule has 134 valence electrons. The molecule has 0 saturated carbocycles. The Morgan fingerprint density at radius 3 is 2.44 bits per heavy atom. The summed E-state index contributed by atoms with van der Waals surface area (Å²) in [5.41, 5.74) is 2.38. The number of ether oxygens (including phenoxy) is 1. The van der Waals surface area contributed by atoms with Gasteiger partial charge in [0.15, 0.2) is 0 Å². The lowest BCUT2D eigenvalue weighted by molar-refractivity contribution is -0.139. The van der Waals surface area contributed by atoms with Gasteiger partial charge in [-0.25, -0.2) is 9.59 Å². The van der Waals surface area contributed by atoms with E-state index in [1.165, 1.54) is 6.92 Å². The minimum atomic E-state index is -0.597. The maximum atomic E-state index is 12.5. The molecular formula is C18H23N3O4. The molecular weight excluding hydrogens is 322 g/mol. The van der Waals surface area contributed by atoms with Crippen LogP contribution in [0.25, 0.3) is 0 Å². The third-order valence-electron chi connectivity index (χ3n) is 3.71. The van der Waals surface area contributed by atoms with Crippen LogP contribution in [0.5, 0.6) is 0 Å². The van der Waals surface area contributed by atoms with Gasteiger partial charge in [0.2, 0.25) is 5.91 Å². The van der Waals surface area contributed by atoms with E-state index in [9.17, 15) is 14.4 Å². The van der Waals surface area contributed by atoms with E-state index in [-0.39, 0.29) is 18.5 Å². The fraction of sp³-hybridized carbons (Fsp3) is 0.389. The number of hydrogen-bond donors (Lipinski definition) is 3. The van der Waals surface area contributed by atoms with Crippen LogP contribution in [0.3, 0.4) is 0 Å². The highest BCUT2D eigenvalue weighted by molar-refractivity contribution is 5.95. The van der Waals surface area contributed by atoms with Crippen LogP contribution in [-0.2, 0) is 14.3 Å². The molecule has 2 rings (SSSR count). The summed E-state index contributed by atoms with van der Waals surface area (Å²) in [5, 5.41) is 8.18. The maximum absolute atomic E-state index is 12.5. The second-order valence-corrected chi connectivity index (χ2v) is 5.70. The van der Waals surface area contributed by atoms with Crippen LogP contribution in [0.1, 0.15) is 45.2 Å². The summed E-state index contributed by atoms with van der Waals surface area (Å²) in [7, 11) is 0. The van der Waals surface area contributed by atoms with Crippen LogP contribution in [0, 0.1) is 0 Å². The average Bonchev–Trinajstić information content (AvgIpc) is 2.55. The monoisotopic (exact) mass is 345 g/mol. The first-order valence-electron chi connectivity index (χ1n) is 8.31. The number of rotatable bonds is 6. The van der Waals surface area contributed by atoms with Crippen molar-refractivity contribution in [2.45, 2.75) is 39.7 Å². The van der Waals surface area contributed by atoms with Crippen molar-refractivity contribution >= 4 is 23.6 Å². The Bertz CT molecular complexity index is 695. The van der Waals surface area contributed by atoms with Gasteiger partial charge in [0.05, 0.1) is 18.2 Å². The number of carbonyl (C=O) groups is 3. The number of carbonyl (C=O) groups excluding carboxylic acids is 3. The van der Waals surface area contributed by atoms with E-state index in [0.29, 0.717) is 23.4 Å². The molecule has 0 aromatic heterocycles. The molecule has 0 radical (unpaired) electrons. The molecule has 1 aliphatic rings. The highest BCUT2D eigenvalue weighted by Gasteiger charge is 2.33. The Labute approximate surface area is 146 Å². The number of amides is 3. The summed E-state index contributed by atoms with van der Waals surface area (Å²) < 4.78 is 5.18. The van der Waals surface area contributed by atoms with E-state index in [1.54, 1.807) is 31.2 Å². The second kappa shape index (κ2) is 8.32. The number of anilines is 1. The van der Waals surface area contributed by atoms with Gasteiger partial charge in [-0.05, 0) is 31.0 Å². The Morgan fingerprint density at radius 1 is 1.20 bits per heavy atom. The summed E-state index contributed by atoms with van der Waals surface area (Å²) >= 11 is 0. The number of nitrogens with one attached hydrogen (secondary N) is 3. The summed E-state index contributed by atoms with van der Waals surface area (Å²) in [6.45, 7) is 5.40. The minimum Gasteiger partial charge on any atom is -0.463 e. The van der Waals surface area contributed by atoms with Gasteiger partial charge >= 0.3 is 12.0 Å². The second-order valence-electron chi connectivity index (χ2n) is 5.70. The molecule has 0 spiro atoms. The van der Waals surface area contributed by atoms with Crippen molar-refractivity contribution < 1.29 is 19.1 Å². The number of esters is 1. The van der Waals surface area contributed by atoms with E-state index < -0.39 is 12.0 Å². The average molecular weight is 345 g/mol. The highest BCUT2D eigenvalue weighted by atomic mass is 16.5. The molecule has 3 N–H and O–H groups in total. The standard InChI is InChI=1S/C18H23N3O4/c1-4-6-14-15(17(23)25-5-2)16(21-18(24)20-14)12-7-9-13(10-8-12)19-11(3)22/h7-10,16H,4-6H2,1-3H3,(H,19,22)(H2,20,21,24)/t16-/m0/s1. The predicted molar refractivity (Wildman–Crippen MR) is 93.7 cm³/mol. The maximum Gasteiger partial charge on any atom is 0.338 e. The summed E-state index contributed by atoms with van der Waals surface area (Å²) in [6, 6.07) is 6.04. The van der Waals surface area contributed by atoms with Gasteiger partial charge in [0, 0.05) is 18.3 Å². The lowest BCUT2D eigenvalue weighted by Gasteiger charge is -2.29. The molecule has 25 heavy (non-hydrogen) atoms. The van der Waals surface area contributed by atoms with Crippen LogP contribution in [0.2, 0.25) is 0 Å². The van der Waals surface area contributed by atoms with Gasteiger partial charge in [0.25, 0.3) is 0 Å². The topological polar surface area (TPSA) is 96.5 Å². The zero-order chi connectivity index (χ0) is 18.4. The first-order valence-corrected chi connectivity index (χ1v) is 8.31. The van der Waals surface area contributed by atoms with Crippen LogP contribution < -0.4 is 16.0 Å². The summed E-state index contributed by atoms with van der Waals surface area (Å²) in [5.74, 6) is -0.616. The molecule has 0 unspecified atom stereocenters. The quantitative estimate of drug-likeness (QED) is 0.691. The number of benzene rings is 1. The molecule has 1 aliphatic heterocycles. The van der Waals surface area contributed by atoms with Crippen molar-refractivity contribution in [2.75, 3.05) is 11.9 Å².